The van der Waals surface area contributed by atoms with Crippen molar-refractivity contribution in [1.29, 1.82) is 0 Å². The first kappa shape index (κ1) is 26.1. The Balaban J connectivity index is 0.00000156. The second-order valence-corrected chi connectivity index (χ2v) is 8.00. The summed E-state index contributed by atoms with van der Waals surface area (Å²) in [7, 11) is 0. The summed E-state index contributed by atoms with van der Waals surface area (Å²) in [4.78, 5) is 13.3. The number of nitrogens with zero attached hydrogens (tertiary/aromatic N) is 4. The summed E-state index contributed by atoms with van der Waals surface area (Å²) in [6, 6.07) is 16.2. The van der Waals surface area contributed by atoms with Gasteiger partial charge in [0.2, 0.25) is 0 Å². The third-order valence-corrected chi connectivity index (χ3v) is 5.80. The van der Waals surface area contributed by atoms with Gasteiger partial charge in [-0.25, -0.2) is 19.3 Å². The van der Waals surface area contributed by atoms with Gasteiger partial charge in [0.15, 0.2) is 11.5 Å². The molecule has 2 aromatic carbocycles. The Morgan fingerprint density at radius 2 is 1.65 bits per heavy atom. The molecule has 0 radical (unpaired) electrons. The molecule has 0 bridgehead atoms. The highest BCUT2D eigenvalue weighted by atomic mass is 35.5. The summed E-state index contributed by atoms with van der Waals surface area (Å²) < 4.78 is 56.4. The fourth-order valence-electron chi connectivity index (χ4n) is 3.85. The van der Waals surface area contributed by atoms with E-state index in [4.69, 9.17) is 17.3 Å². The Labute approximate surface area is 215 Å². The number of fused-ring (bicyclic) bond motifs is 1. The number of rotatable bonds is 4. The molecule has 0 aliphatic heterocycles. The van der Waals surface area contributed by atoms with Gasteiger partial charge in [-0.1, -0.05) is 26.0 Å². The molecule has 37 heavy (non-hydrogen) atoms. The molecule has 0 unspecified atom stereocenters. The fourth-order valence-corrected chi connectivity index (χ4v) is 4.03. The van der Waals surface area contributed by atoms with Crippen LogP contribution in [0.15, 0.2) is 72.9 Å². The van der Waals surface area contributed by atoms with Crippen LogP contribution in [-0.2, 0) is 12.1 Å². The molecule has 0 spiro atoms. The molecule has 2 N–H and O–H groups in total. The highest BCUT2D eigenvalue weighted by Crippen LogP contribution is 2.38. The molecule has 0 saturated carbocycles. The van der Waals surface area contributed by atoms with Crippen LogP contribution in [0.1, 0.15) is 25.0 Å². The molecular formula is C27H22ClF4N5. The molecule has 0 amide bonds. The predicted octanol–water partition coefficient (Wildman–Crippen LogP) is 7.65. The first-order valence-electron chi connectivity index (χ1n) is 11.4. The predicted molar refractivity (Wildman–Crippen MR) is 138 cm³/mol. The smallest absolute Gasteiger partial charge is 0.383 e. The molecule has 5 aromatic rings. The first-order chi connectivity index (χ1) is 17.8. The number of benzene rings is 2. The number of pyridine rings is 2. The Bertz CT molecular complexity index is 1550. The van der Waals surface area contributed by atoms with Gasteiger partial charge in [0.1, 0.15) is 17.2 Å². The zero-order chi connectivity index (χ0) is 26.7. The summed E-state index contributed by atoms with van der Waals surface area (Å²) in [5.74, 6) is -0.00919. The third kappa shape index (κ3) is 5.13. The number of nitrogen functional groups attached to an aromatic ring is 1. The lowest BCUT2D eigenvalue weighted by atomic mass is 10.0. The van der Waals surface area contributed by atoms with Gasteiger partial charge in [-0.3, -0.25) is 4.57 Å². The van der Waals surface area contributed by atoms with Crippen molar-refractivity contribution in [2.75, 3.05) is 5.73 Å². The first-order valence-corrected chi connectivity index (χ1v) is 11.9. The van der Waals surface area contributed by atoms with E-state index in [2.05, 4.69) is 15.0 Å². The number of halogens is 5. The maximum Gasteiger partial charge on any atom is 0.417 e. The van der Waals surface area contributed by atoms with Crippen molar-refractivity contribution >= 4 is 28.6 Å². The van der Waals surface area contributed by atoms with E-state index in [-0.39, 0.29) is 17.1 Å². The van der Waals surface area contributed by atoms with E-state index in [0.717, 1.165) is 17.7 Å². The quantitative estimate of drug-likeness (QED) is 0.192. The van der Waals surface area contributed by atoms with Crippen molar-refractivity contribution < 1.29 is 17.6 Å². The molecule has 0 atom stereocenters. The number of nitrogens with two attached hydrogens (primary N) is 1. The van der Waals surface area contributed by atoms with Crippen molar-refractivity contribution in [1.82, 2.24) is 19.5 Å². The summed E-state index contributed by atoms with van der Waals surface area (Å²) in [5.41, 5.74) is 7.58. The van der Waals surface area contributed by atoms with Crippen LogP contribution in [-0.4, -0.2) is 19.5 Å². The van der Waals surface area contributed by atoms with E-state index in [1.165, 1.54) is 6.07 Å². The van der Waals surface area contributed by atoms with E-state index >= 15 is 0 Å². The van der Waals surface area contributed by atoms with Gasteiger partial charge >= 0.3 is 6.18 Å². The largest absolute Gasteiger partial charge is 0.417 e. The molecule has 0 aliphatic rings. The van der Waals surface area contributed by atoms with Crippen molar-refractivity contribution in [3.05, 3.63) is 89.9 Å². The molecule has 0 fully saturated rings. The van der Waals surface area contributed by atoms with Gasteiger partial charge in [0.05, 0.1) is 16.8 Å². The third-order valence-electron chi connectivity index (χ3n) is 5.50. The van der Waals surface area contributed by atoms with Gasteiger partial charge < -0.3 is 5.73 Å². The number of hydrogen-bond donors (Lipinski definition) is 1. The molecule has 5 rings (SSSR count). The van der Waals surface area contributed by atoms with Crippen LogP contribution in [0.25, 0.3) is 39.5 Å². The van der Waals surface area contributed by atoms with Crippen LogP contribution < -0.4 is 5.73 Å². The van der Waals surface area contributed by atoms with Gasteiger partial charge in [0.25, 0.3) is 0 Å². The Morgan fingerprint density at radius 1 is 0.919 bits per heavy atom. The zero-order valence-corrected chi connectivity index (χ0v) is 20.6. The van der Waals surface area contributed by atoms with Crippen LogP contribution in [0.3, 0.4) is 0 Å². The molecule has 0 saturated heterocycles. The molecule has 10 heteroatoms. The number of anilines is 1. The van der Waals surface area contributed by atoms with Crippen LogP contribution in [0.4, 0.5) is 23.4 Å². The Morgan fingerprint density at radius 3 is 2.30 bits per heavy atom. The van der Waals surface area contributed by atoms with E-state index in [1.54, 1.807) is 29.0 Å². The van der Waals surface area contributed by atoms with E-state index in [9.17, 15) is 17.6 Å². The number of aromatic nitrogens is 4. The summed E-state index contributed by atoms with van der Waals surface area (Å²) in [6.07, 6.45) is -3.22. The van der Waals surface area contributed by atoms with Crippen molar-refractivity contribution in [2.45, 2.75) is 25.9 Å². The monoisotopic (exact) mass is 527 g/mol. The normalized spacial score (nSPS) is 11.3. The molecule has 190 valence electrons. The van der Waals surface area contributed by atoms with Crippen LogP contribution in [0.2, 0.25) is 0 Å². The standard InChI is InChI=1S/C25H16ClF4N5.C2H6/c26-13-14-3-6-16(7-4-14)35-23(18-2-1-11-32-22(18)31)34-21-10-9-20(33-24(21)35)17-8-5-15(27)12-19(17)25(28,29)30;1-2/h1-12H,13H2,(H2,31,32);1-2H3. The Hall–Kier alpha value is -3.98. The molecule has 5 nitrogen and oxygen atoms in total. The lowest BCUT2D eigenvalue weighted by Crippen LogP contribution is -2.08. The maximum absolute atomic E-state index is 13.7. The average Bonchev–Trinajstić information content (AvgIpc) is 3.28. The average molecular weight is 528 g/mol. The lowest BCUT2D eigenvalue weighted by Gasteiger charge is -2.13. The van der Waals surface area contributed by atoms with Crippen molar-refractivity contribution in [3.8, 4) is 28.3 Å². The summed E-state index contributed by atoms with van der Waals surface area (Å²) >= 11 is 5.92. The second-order valence-electron chi connectivity index (χ2n) is 7.73. The molecule has 3 heterocycles. The number of alkyl halides is 4. The van der Waals surface area contributed by atoms with Crippen molar-refractivity contribution in [3.63, 3.8) is 0 Å². The molecule has 0 aliphatic carbocycles. The van der Waals surface area contributed by atoms with Gasteiger partial charge in [-0.2, -0.15) is 13.2 Å². The molecular weight excluding hydrogens is 506 g/mol. The van der Waals surface area contributed by atoms with E-state index < -0.39 is 17.6 Å². The Kier molecular flexibility index (Phi) is 7.45. The highest BCUT2D eigenvalue weighted by Gasteiger charge is 2.34. The minimum atomic E-state index is -4.76. The van der Waals surface area contributed by atoms with Crippen LogP contribution in [0.5, 0.6) is 0 Å². The highest BCUT2D eigenvalue weighted by molar-refractivity contribution is 6.17. The molecule has 3 aromatic heterocycles. The van der Waals surface area contributed by atoms with E-state index in [1.807, 2.05) is 38.1 Å². The second kappa shape index (κ2) is 10.6. The van der Waals surface area contributed by atoms with Gasteiger partial charge in [-0.15, -0.1) is 11.6 Å². The van der Waals surface area contributed by atoms with Crippen LogP contribution in [0, 0.1) is 5.82 Å². The lowest BCUT2D eigenvalue weighted by molar-refractivity contribution is -0.137. The van der Waals surface area contributed by atoms with E-state index in [0.29, 0.717) is 40.2 Å². The van der Waals surface area contributed by atoms with Gasteiger partial charge in [-0.05, 0) is 60.2 Å². The SMILES string of the molecule is CC.Nc1ncccc1-c1nc2ccc(-c3ccc(F)cc3C(F)(F)F)nc2n1-c1ccc(CCl)cc1. The van der Waals surface area contributed by atoms with Crippen LogP contribution >= 0.6 is 11.6 Å². The minimum Gasteiger partial charge on any atom is -0.383 e. The summed E-state index contributed by atoms with van der Waals surface area (Å²) in [6.45, 7) is 4.00. The van der Waals surface area contributed by atoms with Gasteiger partial charge in [0, 0.05) is 23.3 Å². The number of imidazole rings is 1. The number of hydrogen-bond acceptors (Lipinski definition) is 4. The van der Waals surface area contributed by atoms with Crippen molar-refractivity contribution in [2.24, 2.45) is 0 Å². The minimum absolute atomic E-state index is 0.0223. The zero-order valence-electron chi connectivity index (χ0n) is 19.9. The maximum atomic E-state index is 13.7. The fraction of sp³-hybridized carbons (Fsp3) is 0.148. The summed E-state index contributed by atoms with van der Waals surface area (Å²) in [5, 5.41) is 0. The topological polar surface area (TPSA) is 69.6 Å².